The number of benzene rings is 2. The summed E-state index contributed by atoms with van der Waals surface area (Å²) in [6.45, 7) is 0.540. The van der Waals surface area contributed by atoms with Gasteiger partial charge < -0.3 is 0 Å². The summed E-state index contributed by atoms with van der Waals surface area (Å²) in [6.07, 6.45) is 0.851. The van der Waals surface area contributed by atoms with Gasteiger partial charge in [-0.2, -0.15) is 5.26 Å². The summed E-state index contributed by atoms with van der Waals surface area (Å²) < 4.78 is 16.3. The van der Waals surface area contributed by atoms with E-state index in [1.807, 2.05) is 36.4 Å². The summed E-state index contributed by atoms with van der Waals surface area (Å²) >= 11 is 1.46. The van der Waals surface area contributed by atoms with Crippen LogP contribution in [0.15, 0.2) is 58.5 Å². The van der Waals surface area contributed by atoms with E-state index in [2.05, 4.69) is 4.98 Å². The van der Waals surface area contributed by atoms with E-state index in [1.165, 1.54) is 22.4 Å². The van der Waals surface area contributed by atoms with Crippen molar-refractivity contribution in [1.29, 1.82) is 5.26 Å². The number of nitrogens with zero attached hydrogens (tertiary/aromatic N) is 3. The molecule has 6 heteroatoms. The Hall–Kier alpha value is -2.91. The zero-order valence-electron chi connectivity index (χ0n) is 13.8. The minimum absolute atomic E-state index is 0.109. The monoisotopic (exact) mass is 363 g/mol. The van der Waals surface area contributed by atoms with E-state index >= 15 is 0 Å². The molecule has 4 rings (SSSR count). The van der Waals surface area contributed by atoms with E-state index in [1.54, 1.807) is 12.1 Å². The number of thioether (sulfide) groups is 1. The number of aromatic nitrogens is 2. The van der Waals surface area contributed by atoms with E-state index in [4.69, 9.17) is 0 Å². The van der Waals surface area contributed by atoms with Gasteiger partial charge in [0, 0.05) is 17.9 Å². The number of hydrogen-bond acceptors (Lipinski definition) is 4. The molecule has 0 unspecified atom stereocenters. The standard InChI is InChI=1S/C20H14FN3OS/c21-17-11-14(13-5-2-1-3-6-13)7-8-15(17)18-16(12-22)19(25)24-9-4-10-26-20(24)23-18/h1-3,5-8,11H,4,9-10H2. The van der Waals surface area contributed by atoms with Crippen molar-refractivity contribution < 1.29 is 4.39 Å². The van der Waals surface area contributed by atoms with E-state index < -0.39 is 11.4 Å². The van der Waals surface area contributed by atoms with Crippen LogP contribution in [0.25, 0.3) is 22.4 Å². The van der Waals surface area contributed by atoms with Gasteiger partial charge in [-0.05, 0) is 29.7 Å². The van der Waals surface area contributed by atoms with Crippen LogP contribution >= 0.6 is 11.8 Å². The fourth-order valence-electron chi connectivity index (χ4n) is 3.04. The van der Waals surface area contributed by atoms with Crippen LogP contribution < -0.4 is 5.56 Å². The van der Waals surface area contributed by atoms with Gasteiger partial charge in [0.25, 0.3) is 5.56 Å². The third kappa shape index (κ3) is 2.80. The first-order valence-electron chi connectivity index (χ1n) is 8.22. The molecule has 4 nitrogen and oxygen atoms in total. The second-order valence-electron chi connectivity index (χ2n) is 5.95. The molecule has 0 aliphatic carbocycles. The lowest BCUT2D eigenvalue weighted by atomic mass is 10.0. The van der Waals surface area contributed by atoms with Crippen molar-refractivity contribution in [3.63, 3.8) is 0 Å². The lowest BCUT2D eigenvalue weighted by Gasteiger charge is -2.18. The smallest absolute Gasteiger partial charge is 0.272 e. The molecule has 1 aliphatic heterocycles. The fourth-order valence-corrected chi connectivity index (χ4v) is 3.98. The molecule has 2 heterocycles. The number of halogens is 1. The SMILES string of the molecule is N#Cc1c(-c2ccc(-c3ccccc3)cc2F)nc2n(c1=O)CCCS2. The highest BCUT2D eigenvalue weighted by Gasteiger charge is 2.22. The molecule has 26 heavy (non-hydrogen) atoms. The van der Waals surface area contributed by atoms with Gasteiger partial charge in [-0.1, -0.05) is 48.2 Å². The molecule has 3 aromatic rings. The van der Waals surface area contributed by atoms with Gasteiger partial charge in [-0.25, -0.2) is 9.37 Å². The maximum Gasteiger partial charge on any atom is 0.272 e. The van der Waals surface area contributed by atoms with Crippen molar-refractivity contribution >= 4 is 11.8 Å². The number of nitriles is 1. The number of fused-ring (bicyclic) bond motifs is 1. The van der Waals surface area contributed by atoms with Crippen molar-refractivity contribution in [2.75, 3.05) is 5.75 Å². The van der Waals surface area contributed by atoms with Crippen molar-refractivity contribution in [2.45, 2.75) is 18.1 Å². The van der Waals surface area contributed by atoms with Gasteiger partial charge in [-0.15, -0.1) is 0 Å². The van der Waals surface area contributed by atoms with Gasteiger partial charge in [0.1, 0.15) is 17.4 Å². The van der Waals surface area contributed by atoms with E-state index in [0.29, 0.717) is 11.7 Å². The van der Waals surface area contributed by atoms with Gasteiger partial charge in [0.2, 0.25) is 0 Å². The van der Waals surface area contributed by atoms with Crippen molar-refractivity contribution in [3.8, 4) is 28.5 Å². The Morgan fingerprint density at radius 2 is 1.96 bits per heavy atom. The highest BCUT2D eigenvalue weighted by Crippen LogP contribution is 2.30. The third-order valence-electron chi connectivity index (χ3n) is 4.33. The number of hydrogen-bond donors (Lipinski definition) is 0. The summed E-state index contributed by atoms with van der Waals surface area (Å²) in [6, 6.07) is 16.2. The van der Waals surface area contributed by atoms with Crippen molar-refractivity contribution in [3.05, 3.63) is 70.3 Å². The van der Waals surface area contributed by atoms with E-state index in [-0.39, 0.29) is 16.8 Å². The average Bonchev–Trinajstić information content (AvgIpc) is 2.68. The Morgan fingerprint density at radius 1 is 1.15 bits per heavy atom. The Morgan fingerprint density at radius 3 is 2.69 bits per heavy atom. The molecule has 0 radical (unpaired) electrons. The van der Waals surface area contributed by atoms with Crippen LogP contribution in [0, 0.1) is 17.1 Å². The van der Waals surface area contributed by atoms with Crippen LogP contribution in [0.4, 0.5) is 4.39 Å². The molecule has 1 aliphatic rings. The first kappa shape index (κ1) is 16.6. The Kier molecular flexibility index (Phi) is 4.31. The zero-order valence-corrected chi connectivity index (χ0v) is 14.6. The van der Waals surface area contributed by atoms with Crippen LogP contribution in [0.2, 0.25) is 0 Å². The first-order chi connectivity index (χ1) is 12.7. The quantitative estimate of drug-likeness (QED) is 0.644. The molecule has 0 N–H and O–H groups in total. The lowest BCUT2D eigenvalue weighted by molar-refractivity contribution is 0.561. The molecular formula is C20H14FN3OS. The molecule has 0 spiro atoms. The Bertz CT molecular complexity index is 1090. The summed E-state index contributed by atoms with van der Waals surface area (Å²) in [7, 11) is 0. The molecule has 1 aromatic heterocycles. The molecule has 128 valence electrons. The van der Waals surface area contributed by atoms with Crippen LogP contribution in [-0.2, 0) is 6.54 Å². The number of rotatable bonds is 2. The second-order valence-corrected chi connectivity index (χ2v) is 7.01. The zero-order chi connectivity index (χ0) is 18.1. The van der Waals surface area contributed by atoms with Gasteiger partial charge in [0.05, 0.1) is 5.69 Å². The highest BCUT2D eigenvalue weighted by molar-refractivity contribution is 7.99. The third-order valence-corrected chi connectivity index (χ3v) is 5.40. The summed E-state index contributed by atoms with van der Waals surface area (Å²) in [5.74, 6) is 0.355. The summed E-state index contributed by atoms with van der Waals surface area (Å²) in [5.41, 5.74) is 1.42. The molecule has 0 bridgehead atoms. The topological polar surface area (TPSA) is 58.7 Å². The molecular weight excluding hydrogens is 349 g/mol. The Balaban J connectivity index is 1.87. The van der Waals surface area contributed by atoms with Gasteiger partial charge in [-0.3, -0.25) is 9.36 Å². The molecule has 0 saturated heterocycles. The largest absolute Gasteiger partial charge is 0.286 e. The van der Waals surface area contributed by atoms with Gasteiger partial charge >= 0.3 is 0 Å². The Labute approximate surface area is 153 Å². The van der Waals surface area contributed by atoms with Crippen LogP contribution in [-0.4, -0.2) is 15.3 Å². The maximum absolute atomic E-state index is 14.8. The van der Waals surface area contributed by atoms with E-state index in [0.717, 1.165) is 23.3 Å². The molecule has 0 saturated carbocycles. The molecule has 0 amide bonds. The molecule has 0 fully saturated rings. The van der Waals surface area contributed by atoms with Gasteiger partial charge in [0.15, 0.2) is 5.16 Å². The average molecular weight is 363 g/mol. The maximum atomic E-state index is 14.8. The predicted octanol–water partition coefficient (Wildman–Crippen LogP) is 4.08. The summed E-state index contributed by atoms with van der Waals surface area (Å²) in [4.78, 5) is 17.0. The minimum atomic E-state index is -0.500. The van der Waals surface area contributed by atoms with Crippen molar-refractivity contribution in [1.82, 2.24) is 9.55 Å². The van der Waals surface area contributed by atoms with Crippen molar-refractivity contribution in [2.24, 2.45) is 0 Å². The second kappa shape index (κ2) is 6.77. The lowest BCUT2D eigenvalue weighted by Crippen LogP contribution is -2.29. The normalized spacial score (nSPS) is 13.1. The molecule has 2 aromatic carbocycles. The fraction of sp³-hybridized carbons (Fsp3) is 0.150. The van der Waals surface area contributed by atoms with Crippen LogP contribution in [0.1, 0.15) is 12.0 Å². The predicted molar refractivity (Wildman–Crippen MR) is 99.4 cm³/mol. The summed E-state index contributed by atoms with van der Waals surface area (Å²) in [5, 5.41) is 10.00. The van der Waals surface area contributed by atoms with Crippen LogP contribution in [0.5, 0.6) is 0 Å². The highest BCUT2D eigenvalue weighted by atomic mass is 32.2. The van der Waals surface area contributed by atoms with E-state index in [9.17, 15) is 14.4 Å². The first-order valence-corrected chi connectivity index (χ1v) is 9.20. The molecule has 0 atom stereocenters. The minimum Gasteiger partial charge on any atom is -0.286 e. The van der Waals surface area contributed by atoms with Crippen LogP contribution in [0.3, 0.4) is 0 Å².